The van der Waals surface area contributed by atoms with E-state index in [9.17, 15) is 10.2 Å². The Labute approximate surface area is 198 Å². The second-order valence-corrected chi connectivity index (χ2v) is 15.4. The first-order valence-electron chi connectivity index (χ1n) is 14.0. The molecule has 10 atom stereocenters. The summed E-state index contributed by atoms with van der Waals surface area (Å²) in [4.78, 5) is 0. The third-order valence-corrected chi connectivity index (χ3v) is 13.8. The van der Waals surface area contributed by atoms with Crippen molar-refractivity contribution in [2.24, 2.45) is 56.7 Å². The minimum atomic E-state index is -0.544. The van der Waals surface area contributed by atoms with Crippen molar-refractivity contribution in [2.45, 2.75) is 131 Å². The summed E-state index contributed by atoms with van der Waals surface area (Å²) in [5, 5.41) is 21.9. The van der Waals surface area contributed by atoms with Crippen molar-refractivity contribution < 1.29 is 10.2 Å². The van der Waals surface area contributed by atoms with E-state index in [1.807, 2.05) is 0 Å². The van der Waals surface area contributed by atoms with E-state index in [-0.39, 0.29) is 11.5 Å². The van der Waals surface area contributed by atoms with E-state index in [4.69, 9.17) is 0 Å². The van der Waals surface area contributed by atoms with Crippen molar-refractivity contribution in [2.75, 3.05) is 0 Å². The largest absolute Gasteiger partial charge is 0.393 e. The summed E-state index contributed by atoms with van der Waals surface area (Å²) in [6, 6.07) is 0. The van der Waals surface area contributed by atoms with Gasteiger partial charge in [0.25, 0.3) is 0 Å². The first kappa shape index (κ1) is 23.7. The van der Waals surface area contributed by atoms with Crippen LogP contribution in [0.25, 0.3) is 0 Å². The molecule has 0 bridgehead atoms. The van der Waals surface area contributed by atoms with Crippen molar-refractivity contribution in [3.8, 4) is 0 Å². The lowest BCUT2D eigenvalue weighted by molar-refractivity contribution is -0.253. The van der Waals surface area contributed by atoms with Crippen molar-refractivity contribution in [3.63, 3.8) is 0 Å². The monoisotopic (exact) mass is 444 g/mol. The topological polar surface area (TPSA) is 40.5 Å². The van der Waals surface area contributed by atoms with Crippen LogP contribution in [0.3, 0.4) is 0 Å². The highest BCUT2D eigenvalue weighted by molar-refractivity contribution is 5.19. The fourth-order valence-corrected chi connectivity index (χ4v) is 12.0. The molecule has 2 heteroatoms. The molecular formula is C30H52O2. The molecule has 5 aliphatic rings. The maximum absolute atomic E-state index is 11.0. The molecule has 1 unspecified atom stereocenters. The van der Waals surface area contributed by atoms with Crippen LogP contribution in [0, 0.1) is 56.7 Å². The van der Waals surface area contributed by atoms with Gasteiger partial charge in [-0.05, 0) is 135 Å². The van der Waals surface area contributed by atoms with Crippen molar-refractivity contribution in [1.82, 2.24) is 0 Å². The molecular weight excluding hydrogens is 392 g/mol. The third-order valence-electron chi connectivity index (χ3n) is 13.8. The van der Waals surface area contributed by atoms with Gasteiger partial charge in [-0.1, -0.05) is 41.5 Å². The van der Waals surface area contributed by atoms with Crippen LogP contribution < -0.4 is 0 Å². The van der Waals surface area contributed by atoms with Gasteiger partial charge in [0.2, 0.25) is 0 Å². The molecule has 0 aliphatic heterocycles. The highest BCUT2D eigenvalue weighted by Gasteiger charge is 2.71. The van der Waals surface area contributed by atoms with Crippen molar-refractivity contribution >= 4 is 0 Å². The van der Waals surface area contributed by atoms with E-state index < -0.39 is 5.60 Å². The van der Waals surface area contributed by atoms with Gasteiger partial charge in [-0.2, -0.15) is 0 Å². The zero-order valence-electron chi connectivity index (χ0n) is 22.4. The summed E-state index contributed by atoms with van der Waals surface area (Å²) in [5.74, 6) is 3.39. The molecule has 184 valence electrons. The Balaban J connectivity index is 1.51. The molecule has 0 spiro atoms. The van der Waals surface area contributed by atoms with E-state index in [1.165, 1.54) is 57.8 Å². The SMILES string of the molecule is CC(C)(O)C1CC[C@]2(C)[C@H]3CC[C@@H]4[C@@]5(C)CC[C@H](O)C(C)(C)[C@@H]5CC[C@@]4(C)[C@]3(C)CC[C@@H]12. The van der Waals surface area contributed by atoms with E-state index in [1.54, 1.807) is 0 Å². The zero-order valence-corrected chi connectivity index (χ0v) is 22.4. The van der Waals surface area contributed by atoms with Gasteiger partial charge >= 0.3 is 0 Å². The van der Waals surface area contributed by atoms with Gasteiger partial charge in [-0.25, -0.2) is 0 Å². The second-order valence-electron chi connectivity index (χ2n) is 15.4. The average molecular weight is 445 g/mol. The normalized spacial score (nSPS) is 57.2. The van der Waals surface area contributed by atoms with Gasteiger partial charge in [0, 0.05) is 0 Å². The average Bonchev–Trinajstić information content (AvgIpc) is 3.03. The van der Waals surface area contributed by atoms with Crippen LogP contribution in [0.15, 0.2) is 0 Å². The third kappa shape index (κ3) is 2.72. The van der Waals surface area contributed by atoms with Crippen LogP contribution in [0.5, 0.6) is 0 Å². The Morgan fingerprint density at radius 2 is 1.16 bits per heavy atom. The fraction of sp³-hybridized carbons (Fsp3) is 1.00. The van der Waals surface area contributed by atoms with Crippen LogP contribution in [-0.2, 0) is 0 Å². The molecule has 5 saturated carbocycles. The van der Waals surface area contributed by atoms with E-state index >= 15 is 0 Å². The molecule has 5 rings (SSSR count). The predicted octanol–water partition coefficient (Wildman–Crippen LogP) is 7.22. The molecule has 0 aromatic carbocycles. The maximum Gasteiger partial charge on any atom is 0.0622 e. The Morgan fingerprint density at radius 3 is 1.75 bits per heavy atom. The summed E-state index contributed by atoms with van der Waals surface area (Å²) in [6.07, 6.45) is 12.6. The van der Waals surface area contributed by atoms with Crippen LogP contribution in [-0.4, -0.2) is 21.9 Å². The molecule has 2 nitrogen and oxygen atoms in total. The molecule has 0 saturated heterocycles. The summed E-state index contributed by atoms with van der Waals surface area (Å²) in [7, 11) is 0. The van der Waals surface area contributed by atoms with Crippen LogP contribution >= 0.6 is 0 Å². The number of hydrogen-bond donors (Lipinski definition) is 2. The van der Waals surface area contributed by atoms with Gasteiger partial charge < -0.3 is 10.2 Å². The summed E-state index contributed by atoms with van der Waals surface area (Å²) >= 11 is 0. The highest BCUT2D eigenvalue weighted by atomic mass is 16.3. The number of aliphatic hydroxyl groups excluding tert-OH is 1. The standard InChI is InChI=1S/C30H52O2/c1-25(2)21-13-18-30(8)23(28(21,6)16-14-24(25)31)10-9-22-27(5)15-11-19(26(3,4)32)20(27)12-17-29(22,30)7/h19-24,31-32H,9-18H2,1-8H3/t19?,20-,21-,22+,23+,24-,27-,28-,29+,30+/m0/s1. The number of rotatable bonds is 1. The van der Waals surface area contributed by atoms with Gasteiger partial charge in [0.15, 0.2) is 0 Å². The van der Waals surface area contributed by atoms with Gasteiger partial charge in [-0.15, -0.1) is 0 Å². The van der Waals surface area contributed by atoms with Crippen LogP contribution in [0.4, 0.5) is 0 Å². The van der Waals surface area contributed by atoms with E-state index in [2.05, 4.69) is 55.4 Å². The Bertz CT molecular complexity index is 765. The molecule has 5 fully saturated rings. The number of hydrogen-bond acceptors (Lipinski definition) is 2. The highest BCUT2D eigenvalue weighted by Crippen LogP contribution is 2.78. The van der Waals surface area contributed by atoms with E-state index in [0.29, 0.717) is 39.4 Å². The summed E-state index contributed by atoms with van der Waals surface area (Å²) in [5.41, 5.74) is 1.07. The van der Waals surface area contributed by atoms with Gasteiger partial charge in [0.05, 0.1) is 11.7 Å². The molecule has 5 aliphatic carbocycles. The first-order chi connectivity index (χ1) is 14.6. The fourth-order valence-electron chi connectivity index (χ4n) is 12.0. The lowest BCUT2D eigenvalue weighted by Crippen LogP contribution is -2.67. The Kier molecular flexibility index (Phi) is 5.01. The van der Waals surface area contributed by atoms with Gasteiger partial charge in [-0.3, -0.25) is 0 Å². The van der Waals surface area contributed by atoms with Crippen molar-refractivity contribution in [1.29, 1.82) is 0 Å². The first-order valence-corrected chi connectivity index (χ1v) is 14.0. The molecule has 2 N–H and O–H groups in total. The molecule has 32 heavy (non-hydrogen) atoms. The second kappa shape index (κ2) is 6.77. The Hall–Kier alpha value is -0.0800. The lowest BCUT2D eigenvalue weighted by Gasteiger charge is -2.73. The molecule has 0 heterocycles. The maximum atomic E-state index is 11.0. The summed E-state index contributed by atoms with van der Waals surface area (Å²) in [6.45, 7) is 19.5. The van der Waals surface area contributed by atoms with Crippen LogP contribution in [0.2, 0.25) is 0 Å². The molecule has 0 radical (unpaired) electrons. The lowest BCUT2D eigenvalue weighted by atomic mass is 9.32. The predicted molar refractivity (Wildman–Crippen MR) is 132 cm³/mol. The van der Waals surface area contributed by atoms with Gasteiger partial charge in [0.1, 0.15) is 0 Å². The Morgan fingerprint density at radius 1 is 0.625 bits per heavy atom. The quantitative estimate of drug-likeness (QED) is 0.448. The van der Waals surface area contributed by atoms with E-state index in [0.717, 1.165) is 18.3 Å². The van der Waals surface area contributed by atoms with Crippen LogP contribution in [0.1, 0.15) is 120 Å². The minimum absolute atomic E-state index is 0.0428. The summed E-state index contributed by atoms with van der Waals surface area (Å²) < 4.78 is 0. The smallest absolute Gasteiger partial charge is 0.0622 e. The molecule has 0 aromatic heterocycles. The minimum Gasteiger partial charge on any atom is -0.393 e. The zero-order chi connectivity index (χ0) is 23.5. The molecule has 0 amide bonds. The van der Waals surface area contributed by atoms with Crippen molar-refractivity contribution in [3.05, 3.63) is 0 Å². The number of aliphatic hydroxyl groups is 2. The number of fused-ring (bicyclic) bond motifs is 7. The molecule has 0 aromatic rings.